The van der Waals surface area contributed by atoms with Gasteiger partial charge in [-0.15, -0.1) is 0 Å². The number of carbonyl (C=O) groups excluding carboxylic acids is 1. The van der Waals surface area contributed by atoms with E-state index in [2.05, 4.69) is 4.72 Å². The van der Waals surface area contributed by atoms with Crippen LogP contribution >= 0.6 is 11.6 Å². The van der Waals surface area contributed by atoms with Crippen molar-refractivity contribution in [1.29, 1.82) is 0 Å². The molecule has 2 atom stereocenters. The third-order valence-electron chi connectivity index (χ3n) is 3.97. The van der Waals surface area contributed by atoms with Gasteiger partial charge in [0.15, 0.2) is 0 Å². The maximum absolute atomic E-state index is 12.5. The number of carbonyl (C=O) groups is 1. The smallest absolute Gasteiger partial charge is 0.241 e. The topological polar surface area (TPSA) is 75.7 Å². The number of hydrogen-bond acceptors (Lipinski definition) is 4. The summed E-state index contributed by atoms with van der Waals surface area (Å²) in [7, 11) is -3.78. The van der Waals surface area contributed by atoms with Crippen LogP contribution in [0.3, 0.4) is 0 Å². The van der Waals surface area contributed by atoms with Crippen LogP contribution in [0, 0.1) is 0 Å². The zero-order chi connectivity index (χ0) is 17.7. The minimum absolute atomic E-state index is 0.0361. The molecule has 1 heterocycles. The zero-order valence-electron chi connectivity index (χ0n) is 13.9. The summed E-state index contributed by atoms with van der Waals surface area (Å²) in [6, 6.07) is 4.96. The molecule has 0 radical (unpaired) electrons. The quantitative estimate of drug-likeness (QED) is 0.792. The summed E-state index contributed by atoms with van der Waals surface area (Å²) in [6.45, 7) is 5.13. The van der Waals surface area contributed by atoms with Gasteiger partial charge in [0.1, 0.15) is 0 Å². The molecule has 1 saturated heterocycles. The lowest BCUT2D eigenvalue weighted by Gasteiger charge is -2.27. The van der Waals surface area contributed by atoms with E-state index in [4.69, 9.17) is 16.3 Å². The van der Waals surface area contributed by atoms with Gasteiger partial charge in [0.25, 0.3) is 0 Å². The molecule has 1 aromatic carbocycles. The van der Waals surface area contributed by atoms with Gasteiger partial charge in [-0.2, -0.15) is 4.72 Å². The fourth-order valence-corrected chi connectivity index (χ4v) is 3.97. The molecule has 1 unspecified atom stereocenters. The highest BCUT2D eigenvalue weighted by Gasteiger charge is 2.27. The number of ether oxygens (including phenoxy) is 1. The lowest BCUT2D eigenvalue weighted by atomic mass is 10.2. The Morgan fingerprint density at radius 2 is 2.08 bits per heavy atom. The molecule has 0 saturated carbocycles. The Labute approximate surface area is 148 Å². The van der Waals surface area contributed by atoms with Crippen molar-refractivity contribution < 1.29 is 17.9 Å². The second-order valence-corrected chi connectivity index (χ2v) is 7.96. The number of likely N-dealkylation sites (N-methyl/N-ethyl adjacent to an activating group) is 1. The molecule has 1 amide bonds. The van der Waals surface area contributed by atoms with E-state index in [1.807, 2.05) is 6.92 Å². The second-order valence-electron chi connectivity index (χ2n) is 5.81. The molecule has 6 nitrogen and oxygen atoms in total. The van der Waals surface area contributed by atoms with Crippen LogP contribution in [-0.4, -0.2) is 51.1 Å². The molecule has 8 heteroatoms. The van der Waals surface area contributed by atoms with Crippen molar-refractivity contribution in [3.8, 4) is 0 Å². The Kier molecular flexibility index (Phi) is 6.62. The predicted molar refractivity (Wildman–Crippen MR) is 92.5 cm³/mol. The summed E-state index contributed by atoms with van der Waals surface area (Å²) in [5.41, 5.74) is 0. The van der Waals surface area contributed by atoms with E-state index >= 15 is 0 Å². The van der Waals surface area contributed by atoms with Crippen molar-refractivity contribution >= 4 is 27.5 Å². The minimum atomic E-state index is -3.78. The van der Waals surface area contributed by atoms with Crippen LogP contribution in [0.4, 0.5) is 0 Å². The van der Waals surface area contributed by atoms with Gasteiger partial charge in [0.2, 0.25) is 15.9 Å². The molecule has 0 aliphatic carbocycles. The number of sulfonamides is 1. The van der Waals surface area contributed by atoms with Gasteiger partial charge in [0.05, 0.1) is 17.0 Å². The predicted octanol–water partition coefficient (Wildman–Crippen LogP) is 2.03. The molecule has 1 aromatic rings. The van der Waals surface area contributed by atoms with Gasteiger partial charge in [-0.25, -0.2) is 8.42 Å². The first-order valence-electron chi connectivity index (χ1n) is 8.01. The Balaban J connectivity index is 2.01. The van der Waals surface area contributed by atoms with Gasteiger partial charge in [-0.1, -0.05) is 11.6 Å². The van der Waals surface area contributed by atoms with Gasteiger partial charge in [-0.3, -0.25) is 4.79 Å². The van der Waals surface area contributed by atoms with Crippen LogP contribution in [0.15, 0.2) is 29.2 Å². The number of benzene rings is 1. The number of nitrogens with zero attached hydrogens (tertiary/aromatic N) is 1. The lowest BCUT2D eigenvalue weighted by molar-refractivity contribution is -0.133. The van der Waals surface area contributed by atoms with Gasteiger partial charge >= 0.3 is 0 Å². The highest BCUT2D eigenvalue weighted by Crippen LogP contribution is 2.16. The molecule has 1 aliphatic heterocycles. The van der Waals surface area contributed by atoms with E-state index < -0.39 is 16.1 Å². The Morgan fingerprint density at radius 3 is 2.62 bits per heavy atom. The van der Waals surface area contributed by atoms with Crippen LogP contribution < -0.4 is 4.72 Å². The second kappa shape index (κ2) is 8.29. The third-order valence-corrected chi connectivity index (χ3v) is 5.78. The zero-order valence-corrected chi connectivity index (χ0v) is 15.4. The molecule has 2 rings (SSSR count). The summed E-state index contributed by atoms with van der Waals surface area (Å²) < 4.78 is 32.7. The fourth-order valence-electron chi connectivity index (χ4n) is 2.65. The maximum Gasteiger partial charge on any atom is 0.241 e. The summed E-state index contributed by atoms with van der Waals surface area (Å²) in [5, 5.41) is 0.451. The van der Waals surface area contributed by atoms with E-state index in [0.29, 0.717) is 18.1 Å². The van der Waals surface area contributed by atoms with Gasteiger partial charge in [0, 0.05) is 24.7 Å². The average molecular weight is 375 g/mol. The van der Waals surface area contributed by atoms with Crippen molar-refractivity contribution in [2.24, 2.45) is 0 Å². The van der Waals surface area contributed by atoms with Crippen molar-refractivity contribution in [3.63, 3.8) is 0 Å². The number of rotatable bonds is 7. The van der Waals surface area contributed by atoms with Crippen molar-refractivity contribution in [1.82, 2.24) is 9.62 Å². The highest BCUT2D eigenvalue weighted by molar-refractivity contribution is 7.89. The summed E-state index contributed by atoms with van der Waals surface area (Å²) in [5.74, 6) is -0.259. The van der Waals surface area contributed by atoms with E-state index in [0.717, 1.165) is 19.4 Å². The Morgan fingerprint density at radius 1 is 1.42 bits per heavy atom. The fraction of sp³-hybridized carbons (Fsp3) is 0.562. The number of hydrogen-bond donors (Lipinski definition) is 1. The van der Waals surface area contributed by atoms with Crippen LogP contribution in [0.25, 0.3) is 0 Å². The minimum Gasteiger partial charge on any atom is -0.376 e. The molecular weight excluding hydrogens is 352 g/mol. The standard InChI is InChI=1S/C16H23ClN2O4S/c1-3-19(11-14-5-4-10-23-14)16(20)12(2)18-24(21,22)15-8-6-13(17)7-9-15/h6-9,12,14,18H,3-5,10-11H2,1-2H3/t12-,14?/m0/s1. The first kappa shape index (κ1) is 19.2. The van der Waals surface area contributed by atoms with Crippen LogP contribution in [0.5, 0.6) is 0 Å². The summed E-state index contributed by atoms with van der Waals surface area (Å²) in [6.07, 6.45) is 1.96. The SMILES string of the molecule is CCN(CC1CCCO1)C(=O)[C@H](C)NS(=O)(=O)c1ccc(Cl)cc1. The first-order valence-corrected chi connectivity index (χ1v) is 9.88. The average Bonchev–Trinajstić information content (AvgIpc) is 3.05. The molecule has 1 aliphatic rings. The van der Waals surface area contributed by atoms with E-state index in [1.54, 1.807) is 11.8 Å². The van der Waals surface area contributed by atoms with E-state index in [1.165, 1.54) is 24.3 Å². The molecule has 0 bridgehead atoms. The Hall–Kier alpha value is -1.15. The largest absolute Gasteiger partial charge is 0.376 e. The molecule has 1 N–H and O–H groups in total. The van der Waals surface area contributed by atoms with Crippen LogP contribution in [-0.2, 0) is 19.6 Å². The van der Waals surface area contributed by atoms with Crippen molar-refractivity contribution in [2.45, 2.75) is 43.7 Å². The van der Waals surface area contributed by atoms with Crippen LogP contribution in [0.2, 0.25) is 5.02 Å². The monoisotopic (exact) mass is 374 g/mol. The number of amides is 1. The molecule has 134 valence electrons. The summed E-state index contributed by atoms with van der Waals surface area (Å²) in [4.78, 5) is 14.3. The van der Waals surface area contributed by atoms with Gasteiger partial charge in [-0.05, 0) is 51.0 Å². The lowest BCUT2D eigenvalue weighted by Crippen LogP contribution is -2.48. The van der Waals surface area contributed by atoms with Crippen LogP contribution in [0.1, 0.15) is 26.7 Å². The van der Waals surface area contributed by atoms with E-state index in [9.17, 15) is 13.2 Å². The Bertz CT molecular complexity index is 657. The number of nitrogens with one attached hydrogen (secondary N) is 1. The molecule has 1 fully saturated rings. The first-order chi connectivity index (χ1) is 11.3. The van der Waals surface area contributed by atoms with Gasteiger partial charge < -0.3 is 9.64 Å². The summed E-state index contributed by atoms with van der Waals surface area (Å²) >= 11 is 5.77. The molecular formula is C16H23ClN2O4S. The number of halogens is 1. The van der Waals surface area contributed by atoms with Crippen molar-refractivity contribution in [2.75, 3.05) is 19.7 Å². The molecule has 0 aromatic heterocycles. The third kappa shape index (κ3) is 4.92. The highest BCUT2D eigenvalue weighted by atomic mass is 35.5. The normalized spacial score (nSPS) is 19.2. The molecule has 0 spiro atoms. The maximum atomic E-state index is 12.5. The van der Waals surface area contributed by atoms with Crippen molar-refractivity contribution in [3.05, 3.63) is 29.3 Å². The molecule has 24 heavy (non-hydrogen) atoms. The van der Waals surface area contributed by atoms with E-state index in [-0.39, 0.29) is 16.9 Å².